The molecule has 0 N–H and O–H groups in total. The summed E-state index contributed by atoms with van der Waals surface area (Å²) in [4.78, 5) is 4.24. The van der Waals surface area contributed by atoms with E-state index in [9.17, 15) is 8.78 Å². The second-order valence-electron chi connectivity index (χ2n) is 15.9. The van der Waals surface area contributed by atoms with Crippen molar-refractivity contribution in [1.29, 1.82) is 0 Å². The summed E-state index contributed by atoms with van der Waals surface area (Å²) in [5, 5.41) is 10.2. The smallest absolute Gasteiger partial charge is 0.159 e. The number of hydrogen-bond acceptors (Lipinski definition) is 5. The summed E-state index contributed by atoms with van der Waals surface area (Å²) in [6.07, 6.45) is 0. The number of rotatable bonds is 6. The van der Waals surface area contributed by atoms with Crippen LogP contribution in [-0.4, -0.2) is 0 Å². The van der Waals surface area contributed by atoms with E-state index in [-0.39, 0.29) is 11.6 Å². The highest BCUT2D eigenvalue weighted by Gasteiger charge is 2.23. The van der Waals surface area contributed by atoms with Crippen LogP contribution in [0.4, 0.5) is 42.9 Å². The van der Waals surface area contributed by atoms with Crippen molar-refractivity contribution < 1.29 is 22.0 Å². The predicted molar refractivity (Wildman–Crippen MR) is 253 cm³/mol. The van der Waals surface area contributed by atoms with E-state index < -0.39 is 0 Å². The Morgan fingerprint density at radius 1 is 0.302 bits per heavy atom. The van der Waals surface area contributed by atoms with Crippen molar-refractivity contribution in [3.8, 4) is 0 Å². The van der Waals surface area contributed by atoms with Gasteiger partial charge in [-0.3, -0.25) is 0 Å². The molecule has 0 amide bonds. The number of hydrogen-bond donors (Lipinski definition) is 0. The van der Waals surface area contributed by atoms with Gasteiger partial charge in [-0.05, 0) is 131 Å². The lowest BCUT2D eigenvalue weighted by atomic mass is 9.98. The van der Waals surface area contributed by atoms with Gasteiger partial charge in [-0.15, -0.1) is 0 Å². The molecule has 0 atom stereocenters. The van der Waals surface area contributed by atoms with Gasteiger partial charge in [0.05, 0.1) is 11.4 Å². The van der Waals surface area contributed by atoms with E-state index in [2.05, 4.69) is 82.6 Å². The van der Waals surface area contributed by atoms with Gasteiger partial charge in [0, 0.05) is 55.1 Å². The molecule has 13 rings (SSSR count). The van der Waals surface area contributed by atoms with Crippen molar-refractivity contribution in [3.63, 3.8) is 0 Å². The number of anilines is 6. The van der Waals surface area contributed by atoms with E-state index >= 15 is 0 Å². The molecule has 0 spiro atoms. The van der Waals surface area contributed by atoms with E-state index in [4.69, 9.17) is 13.3 Å². The quantitative estimate of drug-likeness (QED) is 0.167. The zero-order valence-corrected chi connectivity index (χ0v) is 33.4. The van der Waals surface area contributed by atoms with Crippen LogP contribution in [0.2, 0.25) is 0 Å². The van der Waals surface area contributed by atoms with Crippen molar-refractivity contribution >= 4 is 121 Å². The van der Waals surface area contributed by atoms with Crippen LogP contribution < -0.4 is 9.80 Å². The largest absolute Gasteiger partial charge is 0.456 e. The molecule has 0 fully saturated rings. The van der Waals surface area contributed by atoms with Gasteiger partial charge in [-0.25, -0.2) is 8.78 Å². The highest BCUT2D eigenvalue weighted by molar-refractivity contribution is 6.27. The fourth-order valence-electron chi connectivity index (χ4n) is 9.53. The van der Waals surface area contributed by atoms with E-state index in [1.54, 1.807) is 24.3 Å². The van der Waals surface area contributed by atoms with Gasteiger partial charge >= 0.3 is 0 Å². The first-order chi connectivity index (χ1) is 31.0. The Labute approximate surface area is 357 Å². The lowest BCUT2D eigenvalue weighted by Gasteiger charge is -2.26. The molecule has 0 unspecified atom stereocenters. The first kappa shape index (κ1) is 35.3. The van der Waals surface area contributed by atoms with Crippen LogP contribution in [-0.2, 0) is 0 Å². The molecule has 0 saturated carbocycles. The molecule has 3 heterocycles. The third-order valence-corrected chi connectivity index (χ3v) is 12.3. The average Bonchev–Trinajstić information content (AvgIpc) is 4.03. The number of nitrogens with zero attached hydrogens (tertiary/aromatic N) is 2. The molecule has 0 radical (unpaired) electrons. The highest BCUT2D eigenvalue weighted by atomic mass is 19.1. The molecule has 5 nitrogen and oxygen atoms in total. The molecule has 298 valence electrons. The van der Waals surface area contributed by atoms with E-state index in [1.165, 1.54) is 24.3 Å². The molecule has 0 aliphatic heterocycles. The Bertz CT molecular complexity index is 3700. The molecule has 13 aromatic rings. The summed E-state index contributed by atoms with van der Waals surface area (Å²) in [7, 11) is 0. The standard InChI is InChI=1S/C56H32F2N2O3/c57-35-17-21-37(22-18-35)59(47-11-5-9-45-43-7-1-3-13-49(43)62-55(45)47)39-25-27-41-33(31-39)15-29-51-53(41)54-42-28-26-40(32-34(42)16-30-52(54)61-51)60(38-23-19-36(58)20-24-38)48-12-6-10-46-44-8-2-4-14-50(44)63-56(46)48/h1-32H. The van der Waals surface area contributed by atoms with Crippen molar-refractivity contribution in [2.24, 2.45) is 0 Å². The summed E-state index contributed by atoms with van der Waals surface area (Å²) in [6, 6.07) is 62.6. The van der Waals surface area contributed by atoms with E-state index in [0.29, 0.717) is 0 Å². The SMILES string of the molecule is Fc1ccc(N(c2ccc3c(ccc4oc5ccc6cc(N(c7ccc(F)cc7)c7cccc8c7oc7ccccc78)ccc6c5c43)c2)c2cccc3c2oc2ccccc23)cc1. The van der Waals surface area contributed by atoms with Gasteiger partial charge in [0.2, 0.25) is 0 Å². The molecule has 0 aliphatic carbocycles. The molecular formula is C56H32F2N2O3. The van der Waals surface area contributed by atoms with Gasteiger partial charge < -0.3 is 23.1 Å². The molecule has 0 saturated heterocycles. The Morgan fingerprint density at radius 2 is 0.714 bits per heavy atom. The Kier molecular flexibility index (Phi) is 7.60. The third-order valence-electron chi connectivity index (χ3n) is 12.3. The van der Waals surface area contributed by atoms with Crippen molar-refractivity contribution in [1.82, 2.24) is 0 Å². The summed E-state index contributed by atoms with van der Waals surface area (Å²) in [6.45, 7) is 0. The molecule has 7 heteroatoms. The summed E-state index contributed by atoms with van der Waals surface area (Å²) >= 11 is 0. The normalized spacial score (nSPS) is 12.0. The topological polar surface area (TPSA) is 45.9 Å². The second-order valence-corrected chi connectivity index (χ2v) is 15.9. The first-order valence-electron chi connectivity index (χ1n) is 20.8. The predicted octanol–water partition coefficient (Wildman–Crippen LogP) is 16.9. The summed E-state index contributed by atoms with van der Waals surface area (Å²) in [5.41, 5.74) is 9.74. The number of fused-ring (bicyclic) bond motifs is 13. The zero-order valence-electron chi connectivity index (χ0n) is 33.4. The van der Waals surface area contributed by atoms with Crippen LogP contribution in [0.5, 0.6) is 0 Å². The number of halogens is 2. The Hall–Kier alpha value is -8.42. The number of para-hydroxylation sites is 4. The van der Waals surface area contributed by atoms with Crippen LogP contribution in [0.1, 0.15) is 0 Å². The number of furan rings is 3. The molecule has 0 aliphatic rings. The monoisotopic (exact) mass is 818 g/mol. The van der Waals surface area contributed by atoms with E-state index in [1.807, 2.05) is 72.8 Å². The van der Waals surface area contributed by atoms with Crippen molar-refractivity contribution in [3.05, 3.63) is 206 Å². The minimum Gasteiger partial charge on any atom is -0.456 e. The lowest BCUT2D eigenvalue weighted by Crippen LogP contribution is -2.10. The van der Waals surface area contributed by atoms with Gasteiger partial charge in [0.1, 0.15) is 34.0 Å². The zero-order chi connectivity index (χ0) is 41.8. The third kappa shape index (κ3) is 5.46. The molecule has 10 aromatic carbocycles. The van der Waals surface area contributed by atoms with Gasteiger partial charge in [-0.1, -0.05) is 84.9 Å². The Balaban J connectivity index is 0.984. The minimum absolute atomic E-state index is 0.306. The van der Waals surface area contributed by atoms with Gasteiger partial charge in [0.15, 0.2) is 11.2 Å². The van der Waals surface area contributed by atoms with Crippen LogP contribution in [0.15, 0.2) is 207 Å². The lowest BCUT2D eigenvalue weighted by molar-refractivity contribution is 0.627. The summed E-state index contributed by atoms with van der Waals surface area (Å²) in [5.74, 6) is -0.612. The summed E-state index contributed by atoms with van der Waals surface area (Å²) < 4.78 is 48.3. The van der Waals surface area contributed by atoms with E-state index in [0.717, 1.165) is 121 Å². The van der Waals surface area contributed by atoms with Gasteiger partial charge in [-0.2, -0.15) is 0 Å². The molecular weight excluding hydrogens is 787 g/mol. The highest BCUT2D eigenvalue weighted by Crippen LogP contribution is 2.47. The maximum Gasteiger partial charge on any atom is 0.159 e. The second kappa shape index (κ2) is 13.5. The van der Waals surface area contributed by atoms with Crippen LogP contribution in [0.25, 0.3) is 87.4 Å². The minimum atomic E-state index is -0.306. The van der Waals surface area contributed by atoms with Crippen LogP contribution in [0, 0.1) is 11.6 Å². The van der Waals surface area contributed by atoms with Crippen LogP contribution >= 0.6 is 0 Å². The Morgan fingerprint density at radius 3 is 1.17 bits per heavy atom. The maximum atomic E-state index is 14.4. The molecule has 0 bridgehead atoms. The van der Waals surface area contributed by atoms with Crippen molar-refractivity contribution in [2.75, 3.05) is 9.80 Å². The average molecular weight is 819 g/mol. The fraction of sp³-hybridized carbons (Fsp3) is 0. The molecule has 63 heavy (non-hydrogen) atoms. The fourth-order valence-corrected chi connectivity index (χ4v) is 9.53. The number of benzene rings is 10. The van der Waals surface area contributed by atoms with Crippen LogP contribution in [0.3, 0.4) is 0 Å². The van der Waals surface area contributed by atoms with Crippen molar-refractivity contribution in [2.45, 2.75) is 0 Å². The molecule has 3 aromatic heterocycles. The maximum absolute atomic E-state index is 14.4. The van der Waals surface area contributed by atoms with Gasteiger partial charge in [0.25, 0.3) is 0 Å². The first-order valence-corrected chi connectivity index (χ1v) is 20.8.